The Balaban J connectivity index is 2.06. The lowest BCUT2D eigenvalue weighted by atomic mass is 10.2. The fourth-order valence-corrected chi connectivity index (χ4v) is 2.02. The number of nitriles is 1. The third kappa shape index (κ3) is 4.83. The number of anilines is 1. The van der Waals surface area contributed by atoms with Gasteiger partial charge in [0.1, 0.15) is 6.61 Å². The van der Waals surface area contributed by atoms with Crippen LogP contribution in [0.25, 0.3) is 0 Å². The highest BCUT2D eigenvalue weighted by atomic mass is 16.6. The van der Waals surface area contributed by atoms with Crippen LogP contribution in [-0.2, 0) is 16.1 Å². The first kappa shape index (κ1) is 16.5. The average Bonchev–Trinajstić information content (AvgIpc) is 2.61. The van der Waals surface area contributed by atoms with Crippen molar-refractivity contribution < 1.29 is 14.3 Å². The maximum Gasteiger partial charge on any atom is 0.414 e. The standard InChI is InChI=1S/C18H18N2O3/c1-22-12-11-20(17-9-7-15(13-19)8-10-17)18(21)23-14-16-5-3-2-4-6-16/h2-10H,11-12,14H2,1H3. The molecule has 0 aliphatic heterocycles. The van der Waals surface area contributed by atoms with E-state index in [-0.39, 0.29) is 6.61 Å². The molecule has 5 heteroatoms. The lowest BCUT2D eigenvalue weighted by Gasteiger charge is -2.22. The van der Waals surface area contributed by atoms with E-state index in [4.69, 9.17) is 14.7 Å². The van der Waals surface area contributed by atoms with Gasteiger partial charge < -0.3 is 9.47 Å². The summed E-state index contributed by atoms with van der Waals surface area (Å²) >= 11 is 0. The summed E-state index contributed by atoms with van der Waals surface area (Å²) in [5, 5.41) is 8.85. The number of ether oxygens (including phenoxy) is 2. The van der Waals surface area contributed by atoms with E-state index in [9.17, 15) is 4.79 Å². The van der Waals surface area contributed by atoms with Gasteiger partial charge in [-0.15, -0.1) is 0 Å². The fraction of sp³-hybridized carbons (Fsp3) is 0.222. The number of nitrogens with zero attached hydrogens (tertiary/aromatic N) is 2. The van der Waals surface area contributed by atoms with Crippen molar-refractivity contribution in [2.75, 3.05) is 25.2 Å². The zero-order valence-electron chi connectivity index (χ0n) is 12.9. The number of benzene rings is 2. The van der Waals surface area contributed by atoms with E-state index in [1.165, 1.54) is 4.90 Å². The third-order valence-corrected chi connectivity index (χ3v) is 3.25. The van der Waals surface area contributed by atoms with Gasteiger partial charge in [0.15, 0.2) is 0 Å². The third-order valence-electron chi connectivity index (χ3n) is 3.25. The number of methoxy groups -OCH3 is 1. The highest BCUT2D eigenvalue weighted by molar-refractivity contribution is 5.87. The van der Waals surface area contributed by atoms with Gasteiger partial charge in [0.2, 0.25) is 0 Å². The molecule has 0 saturated carbocycles. The minimum absolute atomic E-state index is 0.208. The summed E-state index contributed by atoms with van der Waals surface area (Å²) in [6.07, 6.45) is -0.449. The molecule has 0 saturated heterocycles. The number of amides is 1. The summed E-state index contributed by atoms with van der Waals surface area (Å²) in [6, 6.07) is 18.3. The first-order valence-corrected chi connectivity index (χ1v) is 7.22. The van der Waals surface area contributed by atoms with E-state index >= 15 is 0 Å². The first-order chi connectivity index (χ1) is 11.2. The minimum atomic E-state index is -0.449. The summed E-state index contributed by atoms with van der Waals surface area (Å²) in [4.78, 5) is 13.9. The molecule has 0 aromatic heterocycles. The zero-order valence-corrected chi connectivity index (χ0v) is 12.9. The van der Waals surface area contributed by atoms with Gasteiger partial charge in [0, 0.05) is 12.8 Å². The monoisotopic (exact) mass is 310 g/mol. The Bertz CT molecular complexity index is 663. The van der Waals surface area contributed by atoms with Gasteiger partial charge in [0.05, 0.1) is 24.8 Å². The molecule has 2 rings (SSSR count). The Kier molecular flexibility index (Phi) is 6.16. The van der Waals surface area contributed by atoms with Crippen LogP contribution in [0.1, 0.15) is 11.1 Å². The van der Waals surface area contributed by atoms with Crippen LogP contribution in [0.2, 0.25) is 0 Å². The molecule has 0 N–H and O–H groups in total. The smallest absolute Gasteiger partial charge is 0.414 e. The van der Waals surface area contributed by atoms with E-state index < -0.39 is 6.09 Å². The SMILES string of the molecule is COCCN(C(=O)OCc1ccccc1)c1ccc(C#N)cc1. The molecule has 0 atom stereocenters. The number of hydrogen-bond donors (Lipinski definition) is 0. The minimum Gasteiger partial charge on any atom is -0.444 e. The van der Waals surface area contributed by atoms with E-state index in [1.807, 2.05) is 30.3 Å². The van der Waals surface area contributed by atoms with E-state index in [0.29, 0.717) is 24.4 Å². The summed E-state index contributed by atoms with van der Waals surface area (Å²) in [7, 11) is 1.58. The fourth-order valence-electron chi connectivity index (χ4n) is 2.02. The highest BCUT2D eigenvalue weighted by Crippen LogP contribution is 2.17. The molecule has 0 aliphatic rings. The molecule has 1 amide bonds. The van der Waals surface area contributed by atoms with E-state index in [0.717, 1.165) is 5.56 Å². The van der Waals surface area contributed by atoms with Crippen LogP contribution in [-0.4, -0.2) is 26.4 Å². The lowest BCUT2D eigenvalue weighted by molar-refractivity contribution is 0.142. The molecule has 118 valence electrons. The van der Waals surface area contributed by atoms with E-state index in [1.54, 1.807) is 31.4 Å². The van der Waals surface area contributed by atoms with E-state index in [2.05, 4.69) is 6.07 Å². The van der Waals surface area contributed by atoms with Gasteiger partial charge in [-0.05, 0) is 29.8 Å². The van der Waals surface area contributed by atoms with Crippen LogP contribution in [0.4, 0.5) is 10.5 Å². The number of hydrogen-bond acceptors (Lipinski definition) is 4. The molecule has 0 fully saturated rings. The largest absolute Gasteiger partial charge is 0.444 e. The summed E-state index contributed by atoms with van der Waals surface area (Å²) in [5.74, 6) is 0. The van der Waals surface area contributed by atoms with Crippen molar-refractivity contribution in [3.05, 3.63) is 65.7 Å². The van der Waals surface area contributed by atoms with Gasteiger partial charge in [-0.1, -0.05) is 30.3 Å². The van der Waals surface area contributed by atoms with Crippen molar-refractivity contribution in [2.24, 2.45) is 0 Å². The first-order valence-electron chi connectivity index (χ1n) is 7.22. The molecular weight excluding hydrogens is 292 g/mol. The van der Waals surface area contributed by atoms with Gasteiger partial charge in [-0.3, -0.25) is 4.90 Å². The van der Waals surface area contributed by atoms with Crippen LogP contribution in [0, 0.1) is 11.3 Å². The Morgan fingerprint density at radius 1 is 1.13 bits per heavy atom. The lowest BCUT2D eigenvalue weighted by Crippen LogP contribution is -2.34. The van der Waals surface area contributed by atoms with Crippen LogP contribution in [0.15, 0.2) is 54.6 Å². The van der Waals surface area contributed by atoms with Crippen LogP contribution in [0.3, 0.4) is 0 Å². The van der Waals surface area contributed by atoms with Crippen molar-refractivity contribution in [2.45, 2.75) is 6.61 Å². The number of carbonyl (C=O) groups is 1. The van der Waals surface area contributed by atoms with Gasteiger partial charge >= 0.3 is 6.09 Å². The molecule has 2 aromatic rings. The molecule has 0 bridgehead atoms. The maximum absolute atomic E-state index is 12.4. The summed E-state index contributed by atoms with van der Waals surface area (Å²) in [6.45, 7) is 0.968. The van der Waals surface area contributed by atoms with Crippen LogP contribution >= 0.6 is 0 Å². The molecule has 5 nitrogen and oxygen atoms in total. The molecule has 0 radical (unpaired) electrons. The molecule has 2 aromatic carbocycles. The Labute approximate surface area is 135 Å². The Morgan fingerprint density at radius 2 is 1.83 bits per heavy atom. The second kappa shape index (κ2) is 8.57. The van der Waals surface area contributed by atoms with Crippen molar-refractivity contribution >= 4 is 11.8 Å². The van der Waals surface area contributed by atoms with Crippen molar-refractivity contribution in [3.63, 3.8) is 0 Å². The molecule has 23 heavy (non-hydrogen) atoms. The molecule has 0 spiro atoms. The zero-order chi connectivity index (χ0) is 16.5. The van der Waals surface area contributed by atoms with Crippen molar-refractivity contribution in [1.82, 2.24) is 0 Å². The Morgan fingerprint density at radius 3 is 2.43 bits per heavy atom. The molecule has 0 heterocycles. The summed E-state index contributed by atoms with van der Waals surface area (Å²) < 4.78 is 10.4. The second-order valence-corrected chi connectivity index (χ2v) is 4.84. The molecular formula is C18H18N2O3. The topological polar surface area (TPSA) is 62.6 Å². The summed E-state index contributed by atoms with van der Waals surface area (Å²) in [5.41, 5.74) is 2.13. The number of carbonyl (C=O) groups excluding carboxylic acids is 1. The highest BCUT2D eigenvalue weighted by Gasteiger charge is 2.17. The van der Waals surface area contributed by atoms with Gasteiger partial charge in [0.25, 0.3) is 0 Å². The molecule has 0 unspecified atom stereocenters. The number of rotatable bonds is 6. The predicted octanol–water partition coefficient (Wildman–Crippen LogP) is 3.35. The second-order valence-electron chi connectivity index (χ2n) is 4.84. The predicted molar refractivity (Wildman–Crippen MR) is 87.0 cm³/mol. The van der Waals surface area contributed by atoms with Crippen molar-refractivity contribution in [1.29, 1.82) is 5.26 Å². The van der Waals surface area contributed by atoms with Gasteiger partial charge in [-0.2, -0.15) is 5.26 Å². The van der Waals surface area contributed by atoms with Crippen LogP contribution in [0.5, 0.6) is 0 Å². The molecule has 0 aliphatic carbocycles. The maximum atomic E-state index is 12.4. The Hall–Kier alpha value is -2.84. The normalized spacial score (nSPS) is 9.91. The van der Waals surface area contributed by atoms with Crippen molar-refractivity contribution in [3.8, 4) is 6.07 Å². The van der Waals surface area contributed by atoms with Crippen LogP contribution < -0.4 is 4.90 Å². The van der Waals surface area contributed by atoms with Gasteiger partial charge in [-0.25, -0.2) is 4.79 Å². The average molecular weight is 310 g/mol. The quantitative estimate of drug-likeness (QED) is 0.821.